The first-order chi connectivity index (χ1) is 11.6. The molecule has 0 amide bonds. The summed E-state index contributed by atoms with van der Waals surface area (Å²) in [5.74, 6) is 0.634. The van der Waals surface area contributed by atoms with Crippen LogP contribution in [0.25, 0.3) is 33.2 Å². The third kappa shape index (κ3) is 2.48. The maximum Gasteiger partial charge on any atom is 0.144 e. The number of nitrogens with zero attached hydrogens (tertiary/aromatic N) is 1. The number of benzene rings is 2. The summed E-state index contributed by atoms with van der Waals surface area (Å²) in [6.45, 7) is 6.65. The Kier molecular flexibility index (Phi) is 3.61. The molecule has 0 saturated heterocycles. The average Bonchev–Trinajstić information content (AvgIpc) is 2.95. The van der Waals surface area contributed by atoms with Gasteiger partial charge >= 0.3 is 0 Å². The molecule has 24 heavy (non-hydrogen) atoms. The molecule has 0 atom stereocenters. The van der Waals surface area contributed by atoms with E-state index in [0.29, 0.717) is 5.92 Å². The minimum Gasteiger partial charge on any atom is -0.455 e. The van der Waals surface area contributed by atoms with E-state index in [1.54, 1.807) is 0 Å². The molecule has 0 bridgehead atoms. The fourth-order valence-electron chi connectivity index (χ4n) is 3.33. The standard InChI is InChI=1S/C22H21NO/c1-14(2)11-16-13-23-20(12-15(16)3)19-9-6-8-18-17-7-4-5-10-21(17)24-22(18)19/h4-10,12-14H,11H2,1-3H3. The van der Waals surface area contributed by atoms with Gasteiger partial charge in [-0.2, -0.15) is 0 Å². The summed E-state index contributed by atoms with van der Waals surface area (Å²) in [5.41, 5.74) is 6.50. The van der Waals surface area contributed by atoms with Gasteiger partial charge in [-0.15, -0.1) is 0 Å². The summed E-state index contributed by atoms with van der Waals surface area (Å²) < 4.78 is 6.13. The van der Waals surface area contributed by atoms with Crippen LogP contribution in [0.2, 0.25) is 0 Å². The fraction of sp³-hybridized carbons (Fsp3) is 0.227. The number of aromatic nitrogens is 1. The Labute approximate surface area is 142 Å². The molecule has 2 aromatic heterocycles. The van der Waals surface area contributed by atoms with Crippen LogP contribution in [0.15, 0.2) is 59.1 Å². The Morgan fingerprint density at radius 2 is 1.79 bits per heavy atom. The lowest BCUT2D eigenvalue weighted by Gasteiger charge is -2.10. The van der Waals surface area contributed by atoms with E-state index >= 15 is 0 Å². The molecule has 0 aliphatic heterocycles. The molecule has 4 aromatic rings. The average molecular weight is 315 g/mol. The summed E-state index contributed by atoms with van der Waals surface area (Å²) in [4.78, 5) is 4.72. The smallest absolute Gasteiger partial charge is 0.144 e. The Balaban J connectivity index is 1.89. The van der Waals surface area contributed by atoms with Crippen molar-refractivity contribution in [2.75, 3.05) is 0 Å². The van der Waals surface area contributed by atoms with E-state index in [1.807, 2.05) is 24.4 Å². The second-order valence-electron chi connectivity index (χ2n) is 6.87. The molecule has 0 unspecified atom stereocenters. The number of pyridine rings is 1. The predicted octanol–water partition coefficient (Wildman–Crippen LogP) is 6.15. The normalized spacial score (nSPS) is 11.7. The van der Waals surface area contributed by atoms with Gasteiger partial charge in [0.15, 0.2) is 0 Å². The van der Waals surface area contributed by atoms with Crippen LogP contribution in [0.1, 0.15) is 25.0 Å². The highest BCUT2D eigenvalue weighted by atomic mass is 16.3. The van der Waals surface area contributed by atoms with Crippen molar-refractivity contribution in [2.45, 2.75) is 27.2 Å². The highest BCUT2D eigenvalue weighted by Crippen LogP contribution is 2.35. The maximum absolute atomic E-state index is 6.13. The number of rotatable bonds is 3. The summed E-state index contributed by atoms with van der Waals surface area (Å²) in [5, 5.41) is 2.30. The van der Waals surface area contributed by atoms with Crippen LogP contribution >= 0.6 is 0 Å². The topological polar surface area (TPSA) is 26.0 Å². The lowest BCUT2D eigenvalue weighted by atomic mass is 9.98. The molecule has 2 heterocycles. The quantitative estimate of drug-likeness (QED) is 0.453. The minimum atomic E-state index is 0.634. The molecule has 120 valence electrons. The molecular formula is C22H21NO. The Bertz CT molecular complexity index is 1030. The zero-order valence-corrected chi connectivity index (χ0v) is 14.3. The van der Waals surface area contributed by atoms with E-state index in [-0.39, 0.29) is 0 Å². The SMILES string of the molecule is Cc1cc(-c2cccc3c2oc2ccccc23)ncc1CC(C)C. The van der Waals surface area contributed by atoms with E-state index < -0.39 is 0 Å². The van der Waals surface area contributed by atoms with Crippen molar-refractivity contribution < 1.29 is 4.42 Å². The first-order valence-electron chi connectivity index (χ1n) is 8.49. The first kappa shape index (κ1) is 14.9. The predicted molar refractivity (Wildman–Crippen MR) is 100 cm³/mol. The molecule has 0 spiro atoms. The monoisotopic (exact) mass is 315 g/mol. The second kappa shape index (κ2) is 5.79. The largest absolute Gasteiger partial charge is 0.455 e. The van der Waals surface area contributed by atoms with Gasteiger partial charge < -0.3 is 4.42 Å². The van der Waals surface area contributed by atoms with Crippen molar-refractivity contribution >= 4 is 21.9 Å². The van der Waals surface area contributed by atoms with Crippen LogP contribution in [0.5, 0.6) is 0 Å². The van der Waals surface area contributed by atoms with Gasteiger partial charge in [0, 0.05) is 22.5 Å². The zero-order valence-electron chi connectivity index (χ0n) is 14.3. The number of hydrogen-bond acceptors (Lipinski definition) is 2. The van der Waals surface area contributed by atoms with Crippen molar-refractivity contribution in [3.8, 4) is 11.3 Å². The number of fused-ring (bicyclic) bond motifs is 3. The molecule has 0 N–H and O–H groups in total. The molecule has 2 aromatic carbocycles. The van der Waals surface area contributed by atoms with Crippen LogP contribution < -0.4 is 0 Å². The Hall–Kier alpha value is -2.61. The third-order valence-corrected chi connectivity index (χ3v) is 4.53. The molecule has 0 aliphatic carbocycles. The minimum absolute atomic E-state index is 0.634. The Morgan fingerprint density at radius 1 is 1.00 bits per heavy atom. The number of aryl methyl sites for hydroxylation is 1. The van der Waals surface area contributed by atoms with Gasteiger partial charge in [-0.25, -0.2) is 0 Å². The molecule has 2 heteroatoms. The van der Waals surface area contributed by atoms with Gasteiger partial charge in [0.2, 0.25) is 0 Å². The lowest BCUT2D eigenvalue weighted by molar-refractivity contribution is 0.643. The number of furan rings is 1. The van der Waals surface area contributed by atoms with Crippen LogP contribution in [0, 0.1) is 12.8 Å². The van der Waals surface area contributed by atoms with E-state index in [2.05, 4.69) is 51.1 Å². The van der Waals surface area contributed by atoms with E-state index in [4.69, 9.17) is 9.40 Å². The summed E-state index contributed by atoms with van der Waals surface area (Å²) >= 11 is 0. The van der Waals surface area contributed by atoms with Crippen molar-refractivity contribution in [2.24, 2.45) is 5.92 Å². The van der Waals surface area contributed by atoms with Crippen molar-refractivity contribution in [1.82, 2.24) is 4.98 Å². The van der Waals surface area contributed by atoms with Gasteiger partial charge in [0.25, 0.3) is 0 Å². The second-order valence-corrected chi connectivity index (χ2v) is 6.87. The summed E-state index contributed by atoms with van der Waals surface area (Å²) in [6.07, 6.45) is 3.08. The van der Waals surface area contributed by atoms with Crippen molar-refractivity contribution in [3.63, 3.8) is 0 Å². The van der Waals surface area contributed by atoms with Crippen LogP contribution in [-0.4, -0.2) is 4.98 Å². The van der Waals surface area contributed by atoms with E-state index in [9.17, 15) is 0 Å². The van der Waals surface area contributed by atoms with Gasteiger partial charge in [0.05, 0.1) is 5.69 Å². The van der Waals surface area contributed by atoms with Gasteiger partial charge in [-0.3, -0.25) is 4.98 Å². The van der Waals surface area contributed by atoms with Gasteiger partial charge in [-0.1, -0.05) is 44.2 Å². The van der Waals surface area contributed by atoms with Crippen LogP contribution in [-0.2, 0) is 6.42 Å². The molecule has 0 saturated carbocycles. The third-order valence-electron chi connectivity index (χ3n) is 4.53. The van der Waals surface area contributed by atoms with E-state index in [0.717, 1.165) is 39.6 Å². The summed E-state index contributed by atoms with van der Waals surface area (Å²) in [7, 11) is 0. The highest BCUT2D eigenvalue weighted by molar-refractivity contribution is 6.09. The van der Waals surface area contributed by atoms with Crippen LogP contribution in [0.3, 0.4) is 0 Å². The first-order valence-corrected chi connectivity index (χ1v) is 8.49. The van der Waals surface area contributed by atoms with Crippen molar-refractivity contribution in [1.29, 1.82) is 0 Å². The zero-order chi connectivity index (χ0) is 16.7. The van der Waals surface area contributed by atoms with Crippen molar-refractivity contribution in [3.05, 3.63) is 65.9 Å². The van der Waals surface area contributed by atoms with Gasteiger partial charge in [0.1, 0.15) is 11.2 Å². The van der Waals surface area contributed by atoms with Crippen LogP contribution in [0.4, 0.5) is 0 Å². The molecule has 2 nitrogen and oxygen atoms in total. The number of hydrogen-bond donors (Lipinski definition) is 0. The molecule has 0 fully saturated rings. The Morgan fingerprint density at radius 3 is 2.58 bits per heavy atom. The lowest BCUT2D eigenvalue weighted by Crippen LogP contribution is -1.98. The molecule has 0 aliphatic rings. The molecular weight excluding hydrogens is 294 g/mol. The van der Waals surface area contributed by atoms with Gasteiger partial charge in [-0.05, 0) is 48.6 Å². The highest BCUT2D eigenvalue weighted by Gasteiger charge is 2.13. The molecule has 4 rings (SSSR count). The maximum atomic E-state index is 6.13. The van der Waals surface area contributed by atoms with E-state index in [1.165, 1.54) is 11.1 Å². The fourth-order valence-corrected chi connectivity index (χ4v) is 3.33. The summed E-state index contributed by atoms with van der Waals surface area (Å²) in [6, 6.07) is 16.6. The number of para-hydroxylation sites is 2. The molecule has 0 radical (unpaired) electrons.